The smallest absolute Gasteiger partial charge is 0.224 e. The van der Waals surface area contributed by atoms with Crippen LogP contribution in [0.3, 0.4) is 0 Å². The van der Waals surface area contributed by atoms with Crippen molar-refractivity contribution in [1.82, 2.24) is 0 Å². The third-order valence-electron chi connectivity index (χ3n) is 4.98. The first-order valence-electron chi connectivity index (χ1n) is 9.21. The summed E-state index contributed by atoms with van der Waals surface area (Å²) in [6.45, 7) is 6.53. The van der Waals surface area contributed by atoms with Crippen molar-refractivity contribution in [2.45, 2.75) is 46.5 Å². The van der Waals surface area contributed by atoms with Gasteiger partial charge in [0, 0.05) is 31.3 Å². The van der Waals surface area contributed by atoms with E-state index in [1.54, 1.807) is 6.92 Å². The number of hydrogen-bond donors (Lipinski definition) is 1. The first kappa shape index (κ1) is 18.2. The monoisotopic (exact) mass is 350 g/mol. The summed E-state index contributed by atoms with van der Waals surface area (Å²) in [6, 6.07) is 12.2. The highest BCUT2D eigenvalue weighted by atomic mass is 16.2. The number of anilines is 2. The summed E-state index contributed by atoms with van der Waals surface area (Å²) in [5, 5.41) is 2.99. The fraction of sp³-hybridized carbons (Fsp3) is 0.364. The second-order valence-corrected chi connectivity index (χ2v) is 7.10. The zero-order valence-electron chi connectivity index (χ0n) is 15.8. The summed E-state index contributed by atoms with van der Waals surface area (Å²) in [5.41, 5.74) is 6.59. The lowest BCUT2D eigenvalue weighted by Gasteiger charge is -2.29. The Balaban J connectivity index is 1.63. The van der Waals surface area contributed by atoms with Crippen molar-refractivity contribution in [3.05, 3.63) is 58.7 Å². The Morgan fingerprint density at radius 2 is 1.92 bits per heavy atom. The van der Waals surface area contributed by atoms with E-state index < -0.39 is 0 Å². The molecule has 0 radical (unpaired) electrons. The molecule has 0 atom stereocenters. The Morgan fingerprint density at radius 1 is 1.12 bits per heavy atom. The minimum atomic E-state index is 0.0177. The van der Waals surface area contributed by atoms with E-state index >= 15 is 0 Å². The summed E-state index contributed by atoms with van der Waals surface area (Å²) in [5.74, 6) is 0.0837. The summed E-state index contributed by atoms with van der Waals surface area (Å²) in [4.78, 5) is 25.9. The van der Waals surface area contributed by atoms with Gasteiger partial charge in [0.05, 0.1) is 0 Å². The Morgan fingerprint density at radius 3 is 2.65 bits per heavy atom. The van der Waals surface area contributed by atoms with Crippen molar-refractivity contribution >= 4 is 23.2 Å². The lowest BCUT2D eigenvalue weighted by atomic mass is 10.0. The van der Waals surface area contributed by atoms with E-state index in [0.717, 1.165) is 42.7 Å². The Bertz CT molecular complexity index is 842. The molecule has 2 aromatic carbocycles. The number of benzene rings is 2. The topological polar surface area (TPSA) is 49.4 Å². The number of aryl methyl sites for hydroxylation is 4. The maximum Gasteiger partial charge on any atom is 0.224 e. The van der Waals surface area contributed by atoms with Crippen LogP contribution in [0.4, 0.5) is 11.4 Å². The van der Waals surface area contributed by atoms with Crippen LogP contribution in [0.5, 0.6) is 0 Å². The molecule has 0 saturated heterocycles. The number of rotatable bonds is 4. The summed E-state index contributed by atoms with van der Waals surface area (Å²) in [7, 11) is 0. The second kappa shape index (κ2) is 7.73. The molecule has 0 aromatic heterocycles. The van der Waals surface area contributed by atoms with Gasteiger partial charge in [-0.1, -0.05) is 23.8 Å². The number of nitrogens with zero attached hydrogens (tertiary/aromatic N) is 1. The molecule has 0 aliphatic carbocycles. The standard InChI is InChI=1S/C22H26N2O2/c1-15-6-7-18(16(2)13-15)8-11-22(26)23-20-9-10-21-19(14-20)5-4-12-24(21)17(3)25/h6-7,9-10,13-14H,4-5,8,11-12H2,1-3H3,(H,23,26). The molecular formula is C22H26N2O2. The second-order valence-electron chi connectivity index (χ2n) is 7.10. The molecule has 1 N–H and O–H groups in total. The first-order valence-corrected chi connectivity index (χ1v) is 9.21. The molecule has 0 spiro atoms. The molecule has 2 amide bonds. The third kappa shape index (κ3) is 4.13. The van der Waals surface area contributed by atoms with Crippen LogP contribution < -0.4 is 10.2 Å². The molecule has 1 aliphatic rings. The average molecular weight is 350 g/mol. The van der Waals surface area contributed by atoms with Gasteiger partial charge in [-0.2, -0.15) is 0 Å². The summed E-state index contributed by atoms with van der Waals surface area (Å²) < 4.78 is 0. The van der Waals surface area contributed by atoms with Crippen LogP contribution in [0.25, 0.3) is 0 Å². The highest BCUT2D eigenvalue weighted by molar-refractivity contribution is 5.94. The quantitative estimate of drug-likeness (QED) is 0.899. The van der Waals surface area contributed by atoms with Crippen LogP contribution in [0.1, 0.15) is 42.0 Å². The van der Waals surface area contributed by atoms with Crippen molar-refractivity contribution in [1.29, 1.82) is 0 Å². The van der Waals surface area contributed by atoms with E-state index in [9.17, 15) is 9.59 Å². The van der Waals surface area contributed by atoms with Crippen LogP contribution in [0, 0.1) is 13.8 Å². The highest BCUT2D eigenvalue weighted by Gasteiger charge is 2.20. The van der Waals surface area contributed by atoms with Crippen LogP contribution in [-0.2, 0) is 22.4 Å². The zero-order valence-corrected chi connectivity index (χ0v) is 15.8. The van der Waals surface area contributed by atoms with E-state index in [1.807, 2.05) is 23.1 Å². The fourth-order valence-electron chi connectivity index (χ4n) is 3.60. The molecule has 1 heterocycles. The predicted molar refractivity (Wildman–Crippen MR) is 106 cm³/mol. The van der Waals surface area contributed by atoms with Gasteiger partial charge in [-0.3, -0.25) is 9.59 Å². The molecule has 4 heteroatoms. The SMILES string of the molecule is CC(=O)N1CCCc2cc(NC(=O)CCc3ccc(C)cc3C)ccc21. The van der Waals surface area contributed by atoms with Crippen molar-refractivity contribution in [2.24, 2.45) is 0 Å². The number of hydrogen-bond acceptors (Lipinski definition) is 2. The molecule has 0 unspecified atom stereocenters. The number of carbonyl (C=O) groups is 2. The van der Waals surface area contributed by atoms with E-state index in [4.69, 9.17) is 0 Å². The largest absolute Gasteiger partial charge is 0.326 e. The number of amides is 2. The van der Waals surface area contributed by atoms with Crippen molar-refractivity contribution in [3.8, 4) is 0 Å². The minimum Gasteiger partial charge on any atom is -0.326 e. The molecule has 1 aliphatic heterocycles. The molecular weight excluding hydrogens is 324 g/mol. The number of fused-ring (bicyclic) bond motifs is 1. The van der Waals surface area contributed by atoms with Gasteiger partial charge >= 0.3 is 0 Å². The Kier molecular flexibility index (Phi) is 5.40. The average Bonchev–Trinajstić information content (AvgIpc) is 2.60. The molecule has 136 valence electrons. The Labute approximate surface area is 155 Å². The molecule has 2 aromatic rings. The molecule has 0 fully saturated rings. The molecule has 26 heavy (non-hydrogen) atoms. The lowest BCUT2D eigenvalue weighted by Crippen LogP contribution is -2.33. The maximum atomic E-state index is 12.3. The minimum absolute atomic E-state index is 0.0177. The van der Waals surface area contributed by atoms with Gasteiger partial charge in [-0.05, 0) is 68.0 Å². The number of carbonyl (C=O) groups excluding carboxylic acids is 2. The van der Waals surface area contributed by atoms with E-state index in [2.05, 4.69) is 37.4 Å². The first-order chi connectivity index (χ1) is 12.4. The van der Waals surface area contributed by atoms with Gasteiger partial charge < -0.3 is 10.2 Å². The van der Waals surface area contributed by atoms with Crippen molar-refractivity contribution < 1.29 is 9.59 Å². The van der Waals surface area contributed by atoms with Crippen LogP contribution in [0.15, 0.2) is 36.4 Å². The van der Waals surface area contributed by atoms with E-state index in [1.165, 1.54) is 16.7 Å². The van der Waals surface area contributed by atoms with Crippen molar-refractivity contribution in [2.75, 3.05) is 16.8 Å². The van der Waals surface area contributed by atoms with Crippen LogP contribution >= 0.6 is 0 Å². The normalized spacial score (nSPS) is 13.3. The summed E-state index contributed by atoms with van der Waals surface area (Å²) in [6.07, 6.45) is 3.09. The van der Waals surface area contributed by atoms with E-state index in [0.29, 0.717) is 6.42 Å². The Hall–Kier alpha value is -2.62. The van der Waals surface area contributed by atoms with E-state index in [-0.39, 0.29) is 11.8 Å². The zero-order chi connectivity index (χ0) is 18.7. The van der Waals surface area contributed by atoms with Gasteiger partial charge in [-0.15, -0.1) is 0 Å². The van der Waals surface area contributed by atoms with Crippen LogP contribution in [-0.4, -0.2) is 18.4 Å². The lowest BCUT2D eigenvalue weighted by molar-refractivity contribution is -0.117. The molecule has 0 saturated carbocycles. The molecule has 4 nitrogen and oxygen atoms in total. The van der Waals surface area contributed by atoms with Crippen molar-refractivity contribution in [3.63, 3.8) is 0 Å². The van der Waals surface area contributed by atoms with Gasteiger partial charge in [0.15, 0.2) is 0 Å². The fourth-order valence-corrected chi connectivity index (χ4v) is 3.60. The molecule has 0 bridgehead atoms. The van der Waals surface area contributed by atoms with Gasteiger partial charge in [-0.25, -0.2) is 0 Å². The predicted octanol–water partition coefficient (Wildman–Crippen LogP) is 4.17. The maximum absolute atomic E-state index is 12.3. The van der Waals surface area contributed by atoms with Gasteiger partial charge in [0.25, 0.3) is 0 Å². The van der Waals surface area contributed by atoms with Crippen LogP contribution in [0.2, 0.25) is 0 Å². The third-order valence-corrected chi connectivity index (χ3v) is 4.98. The van der Waals surface area contributed by atoms with Gasteiger partial charge in [0.1, 0.15) is 0 Å². The highest BCUT2D eigenvalue weighted by Crippen LogP contribution is 2.29. The summed E-state index contributed by atoms with van der Waals surface area (Å²) >= 11 is 0. The molecule has 3 rings (SSSR count). The number of nitrogens with one attached hydrogen (secondary N) is 1. The van der Waals surface area contributed by atoms with Gasteiger partial charge in [0.2, 0.25) is 11.8 Å².